The van der Waals surface area contributed by atoms with Crippen molar-refractivity contribution in [3.8, 4) is 16.9 Å². The van der Waals surface area contributed by atoms with Crippen LogP contribution in [0.1, 0.15) is 37.5 Å². The summed E-state index contributed by atoms with van der Waals surface area (Å²) in [6.45, 7) is -0.508. The molecule has 0 radical (unpaired) electrons. The van der Waals surface area contributed by atoms with Crippen molar-refractivity contribution in [1.29, 1.82) is 0 Å². The van der Waals surface area contributed by atoms with Crippen molar-refractivity contribution in [3.63, 3.8) is 0 Å². The minimum Gasteiger partial charge on any atom is -0.506 e. The number of rotatable bonds is 7. The third-order valence-electron chi connectivity index (χ3n) is 5.71. The van der Waals surface area contributed by atoms with E-state index in [0.29, 0.717) is 22.4 Å². The molecule has 4 rings (SSSR count). The molecule has 0 bridgehead atoms. The molecular weight excluding hydrogens is 456 g/mol. The topological polar surface area (TPSA) is 144 Å². The van der Waals surface area contributed by atoms with Crippen LogP contribution in [0, 0.1) is 0 Å². The number of fused-ring (bicyclic) bond motifs is 1. The Labute approximate surface area is 199 Å². The molecule has 0 atom stereocenters. The van der Waals surface area contributed by atoms with Crippen molar-refractivity contribution >= 4 is 17.8 Å². The van der Waals surface area contributed by atoms with Gasteiger partial charge in [0.15, 0.2) is 0 Å². The fraction of sp³-hybridized carbons (Fsp3) is 0.200. The molecule has 35 heavy (non-hydrogen) atoms. The van der Waals surface area contributed by atoms with Crippen molar-refractivity contribution in [2.45, 2.75) is 19.8 Å². The lowest BCUT2D eigenvalue weighted by molar-refractivity contribution is -0.135. The van der Waals surface area contributed by atoms with Gasteiger partial charge in [-0.05, 0) is 22.8 Å². The van der Waals surface area contributed by atoms with Crippen LogP contribution in [0.25, 0.3) is 11.1 Å². The molecule has 10 heteroatoms. The summed E-state index contributed by atoms with van der Waals surface area (Å²) in [7, 11) is 1.32. The summed E-state index contributed by atoms with van der Waals surface area (Å²) in [5.41, 5.74) is 2.09. The van der Waals surface area contributed by atoms with Crippen LogP contribution in [-0.2, 0) is 34.0 Å². The Morgan fingerprint density at radius 1 is 1.09 bits per heavy atom. The van der Waals surface area contributed by atoms with Crippen LogP contribution in [-0.4, -0.2) is 46.3 Å². The number of methoxy groups -OCH3 is 1. The fourth-order valence-electron chi connectivity index (χ4n) is 3.99. The molecule has 1 amide bonds. The van der Waals surface area contributed by atoms with E-state index in [1.54, 1.807) is 42.5 Å². The molecule has 3 N–H and O–H groups in total. The third-order valence-corrected chi connectivity index (χ3v) is 5.71. The highest BCUT2D eigenvalue weighted by atomic mass is 16.5. The molecule has 0 unspecified atom stereocenters. The molecule has 3 aromatic rings. The van der Waals surface area contributed by atoms with Crippen LogP contribution in [0.5, 0.6) is 5.75 Å². The zero-order chi connectivity index (χ0) is 25.1. The van der Waals surface area contributed by atoms with Gasteiger partial charge in [-0.1, -0.05) is 42.5 Å². The smallest absolute Gasteiger partial charge is 0.338 e. The van der Waals surface area contributed by atoms with Gasteiger partial charge in [0, 0.05) is 5.56 Å². The van der Waals surface area contributed by atoms with Gasteiger partial charge in [0.25, 0.3) is 11.5 Å². The molecule has 10 nitrogen and oxygen atoms in total. The number of nitrogens with one attached hydrogen (secondary N) is 1. The number of benzene rings is 2. The maximum absolute atomic E-state index is 13.2. The zero-order valence-electron chi connectivity index (χ0n) is 18.7. The number of nitrogens with zero attached hydrogens (tertiary/aromatic N) is 1. The molecule has 0 saturated heterocycles. The molecule has 0 saturated carbocycles. The number of carboxylic acids is 1. The van der Waals surface area contributed by atoms with Crippen molar-refractivity contribution in [2.24, 2.45) is 0 Å². The first-order chi connectivity index (χ1) is 16.8. The number of esters is 1. The largest absolute Gasteiger partial charge is 0.506 e. The van der Waals surface area contributed by atoms with Crippen molar-refractivity contribution in [2.75, 3.05) is 13.7 Å². The van der Waals surface area contributed by atoms with Crippen LogP contribution < -0.4 is 10.9 Å². The molecule has 1 aromatic heterocycles. The number of ether oxygens (including phenoxy) is 2. The maximum atomic E-state index is 13.2. The molecule has 0 fully saturated rings. The first kappa shape index (κ1) is 23.7. The molecule has 2 heterocycles. The summed E-state index contributed by atoms with van der Waals surface area (Å²) in [5, 5.41) is 21.5. The molecule has 2 aromatic carbocycles. The predicted molar refractivity (Wildman–Crippen MR) is 123 cm³/mol. The third kappa shape index (κ3) is 4.64. The summed E-state index contributed by atoms with van der Waals surface area (Å²) in [6.07, 6.45) is 0. The van der Waals surface area contributed by atoms with Crippen LogP contribution in [0.4, 0.5) is 0 Å². The van der Waals surface area contributed by atoms with Gasteiger partial charge in [0.2, 0.25) is 0 Å². The van der Waals surface area contributed by atoms with Gasteiger partial charge in [-0.2, -0.15) is 0 Å². The summed E-state index contributed by atoms with van der Waals surface area (Å²) in [5.74, 6) is -3.22. The van der Waals surface area contributed by atoms with Crippen LogP contribution in [0.3, 0.4) is 0 Å². The molecule has 0 spiro atoms. The Bertz CT molecular complexity index is 1380. The number of carbonyl (C=O) groups excluding carboxylic acids is 2. The van der Waals surface area contributed by atoms with E-state index >= 15 is 0 Å². The van der Waals surface area contributed by atoms with Gasteiger partial charge in [-0.3, -0.25) is 14.4 Å². The van der Waals surface area contributed by atoms with Gasteiger partial charge in [-0.15, -0.1) is 0 Å². The second kappa shape index (κ2) is 9.82. The Morgan fingerprint density at radius 2 is 1.80 bits per heavy atom. The summed E-state index contributed by atoms with van der Waals surface area (Å²) >= 11 is 0. The number of amides is 1. The van der Waals surface area contributed by atoms with E-state index in [2.05, 4.69) is 5.32 Å². The zero-order valence-corrected chi connectivity index (χ0v) is 18.7. The number of hydrogen-bond acceptors (Lipinski definition) is 7. The lowest BCUT2D eigenvalue weighted by Gasteiger charge is -2.16. The van der Waals surface area contributed by atoms with E-state index in [4.69, 9.17) is 14.6 Å². The average Bonchev–Trinajstić information content (AvgIpc) is 3.35. The Balaban J connectivity index is 1.69. The molecule has 0 aliphatic carbocycles. The number of carbonyl (C=O) groups is 3. The van der Waals surface area contributed by atoms with E-state index in [1.165, 1.54) is 11.7 Å². The van der Waals surface area contributed by atoms with Gasteiger partial charge >= 0.3 is 11.9 Å². The van der Waals surface area contributed by atoms with E-state index in [-0.39, 0.29) is 19.8 Å². The lowest BCUT2D eigenvalue weighted by Crippen LogP contribution is -2.37. The first-order valence-corrected chi connectivity index (χ1v) is 10.6. The highest BCUT2D eigenvalue weighted by Crippen LogP contribution is 2.30. The minimum atomic E-state index is -1.28. The van der Waals surface area contributed by atoms with Gasteiger partial charge in [0.05, 0.1) is 38.1 Å². The highest BCUT2D eigenvalue weighted by molar-refractivity contribution is 5.98. The first-order valence-electron chi connectivity index (χ1n) is 10.6. The predicted octanol–water partition coefficient (Wildman–Crippen LogP) is 1.90. The van der Waals surface area contributed by atoms with Gasteiger partial charge in [0.1, 0.15) is 17.9 Å². The number of aliphatic carboxylic acids is 1. The Morgan fingerprint density at radius 3 is 2.49 bits per heavy atom. The molecular formula is C25H22N2O8. The number of aromatic nitrogens is 1. The Kier molecular flexibility index (Phi) is 6.65. The fourth-order valence-corrected chi connectivity index (χ4v) is 3.99. The molecule has 1 aliphatic heterocycles. The minimum absolute atomic E-state index is 0.0178. The maximum Gasteiger partial charge on any atom is 0.338 e. The van der Waals surface area contributed by atoms with E-state index in [1.807, 2.05) is 6.07 Å². The lowest BCUT2D eigenvalue weighted by atomic mass is 9.98. The van der Waals surface area contributed by atoms with E-state index < -0.39 is 41.3 Å². The number of aromatic hydroxyl groups is 1. The Hall–Kier alpha value is -4.44. The average molecular weight is 478 g/mol. The van der Waals surface area contributed by atoms with E-state index in [0.717, 1.165) is 11.1 Å². The van der Waals surface area contributed by atoms with Crippen molar-refractivity contribution in [3.05, 3.63) is 86.8 Å². The number of carboxylic acid groups (broad SMARTS) is 1. The number of hydrogen-bond donors (Lipinski definition) is 3. The molecule has 1 aliphatic rings. The second-order valence-electron chi connectivity index (χ2n) is 7.84. The summed E-state index contributed by atoms with van der Waals surface area (Å²) < 4.78 is 11.6. The quantitative estimate of drug-likeness (QED) is 0.437. The van der Waals surface area contributed by atoms with Crippen molar-refractivity contribution in [1.82, 2.24) is 9.88 Å². The molecule has 180 valence electrons. The standard InChI is InChI=1S/C25H22N2O8/c1-34-25(33)17-5-3-2-4-16(17)15-8-6-14(7-9-15)11-27-19-13-35-12-18(19)22(30)21(24(27)32)23(31)26-10-20(28)29/h2-9,30H,10-13H2,1H3,(H,26,31)(H,28,29). The summed E-state index contributed by atoms with van der Waals surface area (Å²) in [6, 6.07) is 14.2. The summed E-state index contributed by atoms with van der Waals surface area (Å²) in [4.78, 5) is 48.6. The van der Waals surface area contributed by atoms with Crippen molar-refractivity contribution < 1.29 is 34.1 Å². The second-order valence-corrected chi connectivity index (χ2v) is 7.84. The van der Waals surface area contributed by atoms with Crippen LogP contribution in [0.2, 0.25) is 0 Å². The normalized spacial score (nSPS) is 12.1. The number of pyridine rings is 1. The van der Waals surface area contributed by atoms with E-state index in [9.17, 15) is 24.3 Å². The van der Waals surface area contributed by atoms with Gasteiger partial charge in [-0.25, -0.2) is 4.79 Å². The SMILES string of the molecule is COC(=O)c1ccccc1-c1ccc(Cn2c3c(c(O)c(C(=O)NCC(=O)O)c2=O)COC3)cc1. The van der Waals surface area contributed by atoms with Crippen LogP contribution >= 0.6 is 0 Å². The van der Waals surface area contributed by atoms with Crippen LogP contribution in [0.15, 0.2) is 53.3 Å². The monoisotopic (exact) mass is 478 g/mol. The highest BCUT2D eigenvalue weighted by Gasteiger charge is 2.29. The van der Waals surface area contributed by atoms with Gasteiger partial charge < -0.3 is 29.6 Å².